The van der Waals surface area contributed by atoms with Gasteiger partial charge in [0.05, 0.1) is 15.6 Å². The van der Waals surface area contributed by atoms with Crippen molar-refractivity contribution in [1.29, 1.82) is 0 Å². The fraction of sp³-hybridized carbons (Fsp3) is 0.0476. The molecular weight excluding hydrogens is 428 g/mol. The van der Waals surface area contributed by atoms with Crippen molar-refractivity contribution in [2.75, 3.05) is 6.61 Å². The summed E-state index contributed by atoms with van der Waals surface area (Å²) < 4.78 is 5.08. The van der Waals surface area contributed by atoms with Crippen LogP contribution in [0.5, 0.6) is 5.75 Å². The van der Waals surface area contributed by atoms with E-state index < -0.39 is 17.5 Å². The molecule has 0 aromatic heterocycles. The van der Waals surface area contributed by atoms with E-state index in [1.807, 2.05) is 24.3 Å². The number of ether oxygens (including phenoxy) is 1. The summed E-state index contributed by atoms with van der Waals surface area (Å²) in [5.41, 5.74) is 1.54. The Hall–Kier alpha value is -3.36. The molecule has 0 radical (unpaired) electrons. The average Bonchev–Trinajstić information content (AvgIpc) is 2.73. The number of hydrogen-bond donors (Lipinski definition) is 1. The van der Waals surface area contributed by atoms with Crippen molar-refractivity contribution < 1.29 is 19.6 Å². The molecule has 7 nitrogen and oxygen atoms in total. The van der Waals surface area contributed by atoms with Gasteiger partial charge in [0.1, 0.15) is 5.75 Å². The standard InChI is InChI=1S/C21H15ClN2O5S/c22-19-11-14(1-10-20(19)29-13-21(25)26)12-23-15-2-6-17(7-3-15)30-18-8-4-16(5-9-18)24(27)28/h1-12H,13H2,(H,25,26). The van der Waals surface area contributed by atoms with Crippen LogP contribution in [0.15, 0.2) is 81.5 Å². The fourth-order valence-electron chi connectivity index (χ4n) is 2.38. The number of carboxylic acids is 1. The Bertz CT molecular complexity index is 1090. The molecule has 0 saturated carbocycles. The van der Waals surface area contributed by atoms with Crippen LogP contribution in [-0.4, -0.2) is 28.8 Å². The zero-order valence-electron chi connectivity index (χ0n) is 15.4. The van der Waals surface area contributed by atoms with Crippen LogP contribution in [0, 0.1) is 10.1 Å². The third-order valence-electron chi connectivity index (χ3n) is 3.79. The van der Waals surface area contributed by atoms with Gasteiger partial charge in [-0.1, -0.05) is 23.4 Å². The molecule has 0 aliphatic carbocycles. The van der Waals surface area contributed by atoms with Crippen LogP contribution in [-0.2, 0) is 4.79 Å². The van der Waals surface area contributed by atoms with E-state index in [-0.39, 0.29) is 5.69 Å². The highest BCUT2D eigenvalue weighted by Crippen LogP contribution is 2.30. The number of aliphatic imine (C=N–C) groups is 1. The number of benzene rings is 3. The molecule has 3 aromatic rings. The SMILES string of the molecule is O=C(O)COc1ccc(C=Nc2ccc(Sc3ccc([N+](=O)[O-])cc3)cc2)cc1Cl. The van der Waals surface area contributed by atoms with Crippen molar-refractivity contribution >= 4 is 46.9 Å². The molecule has 30 heavy (non-hydrogen) atoms. The molecule has 0 fully saturated rings. The van der Waals surface area contributed by atoms with Crippen molar-refractivity contribution in [2.45, 2.75) is 9.79 Å². The van der Waals surface area contributed by atoms with E-state index >= 15 is 0 Å². The lowest BCUT2D eigenvalue weighted by Crippen LogP contribution is -2.09. The molecule has 0 aliphatic rings. The first-order valence-electron chi connectivity index (χ1n) is 8.61. The fourth-order valence-corrected chi connectivity index (χ4v) is 3.44. The molecular formula is C21H15ClN2O5S. The van der Waals surface area contributed by atoms with E-state index in [1.54, 1.807) is 36.5 Å². The summed E-state index contributed by atoms with van der Waals surface area (Å²) in [4.78, 5) is 27.1. The third kappa shape index (κ3) is 6.07. The van der Waals surface area contributed by atoms with Crippen LogP contribution < -0.4 is 4.74 Å². The van der Waals surface area contributed by atoms with E-state index in [0.29, 0.717) is 10.8 Å². The minimum atomic E-state index is -1.08. The molecule has 152 valence electrons. The van der Waals surface area contributed by atoms with Crippen molar-refractivity contribution in [3.8, 4) is 5.75 Å². The highest BCUT2D eigenvalue weighted by molar-refractivity contribution is 7.99. The number of halogens is 1. The van der Waals surface area contributed by atoms with Crippen LogP contribution in [0.3, 0.4) is 0 Å². The van der Waals surface area contributed by atoms with E-state index in [1.165, 1.54) is 23.9 Å². The third-order valence-corrected chi connectivity index (χ3v) is 5.10. The highest BCUT2D eigenvalue weighted by Gasteiger charge is 2.06. The number of rotatable bonds is 8. The van der Waals surface area contributed by atoms with Crippen molar-refractivity contribution in [3.63, 3.8) is 0 Å². The van der Waals surface area contributed by atoms with E-state index in [9.17, 15) is 14.9 Å². The van der Waals surface area contributed by atoms with E-state index in [2.05, 4.69) is 4.99 Å². The minimum Gasteiger partial charge on any atom is -0.480 e. The summed E-state index contributed by atoms with van der Waals surface area (Å²) in [6, 6.07) is 18.9. The van der Waals surface area contributed by atoms with Gasteiger partial charge in [-0.05, 0) is 60.2 Å². The zero-order chi connectivity index (χ0) is 21.5. The molecule has 0 spiro atoms. The van der Waals surface area contributed by atoms with Gasteiger partial charge >= 0.3 is 5.97 Å². The lowest BCUT2D eigenvalue weighted by molar-refractivity contribution is -0.384. The molecule has 0 aliphatic heterocycles. The largest absolute Gasteiger partial charge is 0.480 e. The number of aliphatic carboxylic acids is 1. The molecule has 0 amide bonds. The van der Waals surface area contributed by atoms with Gasteiger partial charge < -0.3 is 9.84 Å². The second-order valence-electron chi connectivity index (χ2n) is 5.98. The molecule has 0 unspecified atom stereocenters. The second kappa shape index (κ2) is 9.91. The van der Waals surface area contributed by atoms with Crippen LogP contribution >= 0.6 is 23.4 Å². The van der Waals surface area contributed by atoms with Gasteiger partial charge in [-0.3, -0.25) is 15.1 Å². The predicted octanol–water partition coefficient (Wildman–Crippen LogP) is 5.61. The van der Waals surface area contributed by atoms with Gasteiger partial charge in [0.25, 0.3) is 5.69 Å². The smallest absolute Gasteiger partial charge is 0.341 e. The Labute approximate surface area is 181 Å². The molecule has 3 aromatic carbocycles. The first-order chi connectivity index (χ1) is 14.4. The number of nitrogens with zero attached hydrogens (tertiary/aromatic N) is 2. The van der Waals surface area contributed by atoms with Crippen molar-refractivity contribution in [1.82, 2.24) is 0 Å². The highest BCUT2D eigenvalue weighted by atomic mass is 35.5. The Morgan fingerprint density at radius 2 is 1.73 bits per heavy atom. The quantitative estimate of drug-likeness (QED) is 0.276. The number of carbonyl (C=O) groups is 1. The molecule has 1 N–H and O–H groups in total. The van der Waals surface area contributed by atoms with Crippen LogP contribution in [0.1, 0.15) is 5.56 Å². The summed E-state index contributed by atoms with van der Waals surface area (Å²) in [7, 11) is 0. The first-order valence-corrected chi connectivity index (χ1v) is 9.81. The molecule has 0 saturated heterocycles. The Kier molecular flexibility index (Phi) is 7.05. The Balaban J connectivity index is 1.62. The lowest BCUT2D eigenvalue weighted by atomic mass is 10.2. The molecule has 0 atom stereocenters. The number of hydrogen-bond acceptors (Lipinski definition) is 6. The monoisotopic (exact) mass is 442 g/mol. The molecule has 0 bridgehead atoms. The van der Waals surface area contributed by atoms with E-state index in [4.69, 9.17) is 21.4 Å². The van der Waals surface area contributed by atoms with Gasteiger partial charge in [0.2, 0.25) is 0 Å². The number of non-ortho nitro benzene ring substituents is 1. The van der Waals surface area contributed by atoms with Gasteiger partial charge in [-0.25, -0.2) is 4.79 Å². The zero-order valence-corrected chi connectivity index (χ0v) is 17.0. The normalized spacial score (nSPS) is 10.8. The van der Waals surface area contributed by atoms with Gasteiger partial charge in [-0.15, -0.1) is 0 Å². The number of carboxylic acid groups (broad SMARTS) is 1. The van der Waals surface area contributed by atoms with Gasteiger partial charge in [0, 0.05) is 28.1 Å². The first kappa shape index (κ1) is 21.4. The summed E-state index contributed by atoms with van der Waals surface area (Å²) >= 11 is 7.59. The Morgan fingerprint density at radius 1 is 1.10 bits per heavy atom. The maximum atomic E-state index is 10.7. The van der Waals surface area contributed by atoms with Gasteiger partial charge in [-0.2, -0.15) is 0 Å². The van der Waals surface area contributed by atoms with Gasteiger partial charge in [0.15, 0.2) is 6.61 Å². The molecule has 3 rings (SSSR count). The number of nitro groups is 1. The second-order valence-corrected chi connectivity index (χ2v) is 7.53. The Morgan fingerprint density at radius 3 is 2.30 bits per heavy atom. The lowest BCUT2D eigenvalue weighted by Gasteiger charge is -2.06. The summed E-state index contributed by atoms with van der Waals surface area (Å²) in [5, 5.41) is 19.7. The summed E-state index contributed by atoms with van der Waals surface area (Å²) in [6.07, 6.45) is 1.64. The van der Waals surface area contributed by atoms with Crippen LogP contribution in [0.25, 0.3) is 0 Å². The van der Waals surface area contributed by atoms with E-state index in [0.717, 1.165) is 21.0 Å². The summed E-state index contributed by atoms with van der Waals surface area (Å²) in [6.45, 7) is -0.461. The number of nitro benzene ring substituents is 1. The van der Waals surface area contributed by atoms with Crippen LogP contribution in [0.4, 0.5) is 11.4 Å². The topological polar surface area (TPSA) is 102 Å². The maximum absolute atomic E-state index is 10.7. The van der Waals surface area contributed by atoms with Crippen molar-refractivity contribution in [3.05, 3.63) is 87.4 Å². The predicted molar refractivity (Wildman–Crippen MR) is 115 cm³/mol. The van der Waals surface area contributed by atoms with Crippen molar-refractivity contribution in [2.24, 2.45) is 4.99 Å². The minimum absolute atomic E-state index is 0.0608. The molecule has 0 heterocycles. The summed E-state index contributed by atoms with van der Waals surface area (Å²) in [5.74, 6) is -0.782. The maximum Gasteiger partial charge on any atom is 0.341 e. The van der Waals surface area contributed by atoms with Crippen LogP contribution in [0.2, 0.25) is 5.02 Å². The molecule has 9 heteroatoms. The average molecular weight is 443 g/mol.